The molecule has 140 valence electrons. The standard InChI is InChI=1S/C17H28N4O3S/c1-4-14(2)19-25(23,24)16-7-5-15(6-8-16)18-17(22)13-21-11-9-20(3)10-12-21/h5-8,14,19H,4,9-13H2,1-3H3,(H,18,22). The molecule has 1 unspecified atom stereocenters. The minimum absolute atomic E-state index is 0.0853. The van der Waals surface area contributed by atoms with Gasteiger partial charge in [0.25, 0.3) is 0 Å². The molecule has 25 heavy (non-hydrogen) atoms. The van der Waals surface area contributed by atoms with Gasteiger partial charge in [0.15, 0.2) is 0 Å². The number of sulfonamides is 1. The number of nitrogens with zero attached hydrogens (tertiary/aromatic N) is 2. The van der Waals surface area contributed by atoms with Crippen LogP contribution in [0.4, 0.5) is 5.69 Å². The molecule has 1 aromatic rings. The van der Waals surface area contributed by atoms with Crippen LogP contribution in [-0.2, 0) is 14.8 Å². The Kier molecular flexibility index (Phi) is 6.95. The Bertz CT molecular complexity index is 668. The number of likely N-dealkylation sites (N-methyl/N-ethyl adjacent to an activating group) is 1. The highest BCUT2D eigenvalue weighted by Gasteiger charge is 2.18. The summed E-state index contributed by atoms with van der Waals surface area (Å²) in [7, 11) is -1.45. The zero-order chi connectivity index (χ0) is 18.4. The Morgan fingerprint density at radius 3 is 2.32 bits per heavy atom. The molecule has 7 nitrogen and oxygen atoms in total. The zero-order valence-corrected chi connectivity index (χ0v) is 16.0. The molecule has 2 N–H and O–H groups in total. The Hall–Kier alpha value is -1.48. The van der Waals surface area contributed by atoms with E-state index in [1.54, 1.807) is 12.1 Å². The summed E-state index contributed by atoms with van der Waals surface area (Å²) in [6, 6.07) is 6.14. The van der Waals surface area contributed by atoms with Gasteiger partial charge in [0, 0.05) is 37.9 Å². The van der Waals surface area contributed by atoms with Crippen molar-refractivity contribution in [2.24, 2.45) is 0 Å². The van der Waals surface area contributed by atoms with Crippen molar-refractivity contribution in [1.82, 2.24) is 14.5 Å². The lowest BCUT2D eigenvalue weighted by atomic mass is 10.3. The first-order chi connectivity index (χ1) is 11.8. The van der Waals surface area contributed by atoms with Crippen LogP contribution in [0.1, 0.15) is 20.3 Å². The molecule has 0 radical (unpaired) electrons. The maximum atomic E-state index is 12.2. The number of nitrogens with one attached hydrogen (secondary N) is 2. The molecule has 0 spiro atoms. The third kappa shape index (κ3) is 6.07. The SMILES string of the molecule is CCC(C)NS(=O)(=O)c1ccc(NC(=O)CN2CCN(C)CC2)cc1. The molecule has 1 aromatic carbocycles. The second-order valence-corrected chi connectivity index (χ2v) is 8.30. The molecule has 0 bridgehead atoms. The Balaban J connectivity index is 1.90. The van der Waals surface area contributed by atoms with Gasteiger partial charge in [0.2, 0.25) is 15.9 Å². The van der Waals surface area contributed by atoms with E-state index in [0.29, 0.717) is 12.2 Å². The van der Waals surface area contributed by atoms with Crippen LogP contribution in [-0.4, -0.2) is 69.9 Å². The van der Waals surface area contributed by atoms with Gasteiger partial charge in [-0.2, -0.15) is 0 Å². The van der Waals surface area contributed by atoms with Crippen LogP contribution in [0.2, 0.25) is 0 Å². The van der Waals surface area contributed by atoms with Gasteiger partial charge in [0.05, 0.1) is 11.4 Å². The monoisotopic (exact) mass is 368 g/mol. The normalized spacial score (nSPS) is 18.0. The van der Waals surface area contributed by atoms with Crippen LogP contribution in [0.25, 0.3) is 0 Å². The first kappa shape index (κ1) is 19.8. The predicted molar refractivity (Wildman–Crippen MR) is 99.1 cm³/mol. The molecule has 1 atom stereocenters. The summed E-state index contributed by atoms with van der Waals surface area (Å²) in [5.74, 6) is -0.0853. The van der Waals surface area contributed by atoms with Crippen molar-refractivity contribution in [2.75, 3.05) is 45.1 Å². The number of benzene rings is 1. The molecular weight excluding hydrogens is 340 g/mol. The summed E-state index contributed by atoms with van der Waals surface area (Å²) >= 11 is 0. The number of amides is 1. The Labute approximate surface area is 150 Å². The van der Waals surface area contributed by atoms with E-state index in [-0.39, 0.29) is 16.8 Å². The number of rotatable bonds is 7. The van der Waals surface area contributed by atoms with Crippen molar-refractivity contribution < 1.29 is 13.2 Å². The first-order valence-electron chi connectivity index (χ1n) is 8.63. The zero-order valence-electron chi connectivity index (χ0n) is 15.2. The van der Waals surface area contributed by atoms with Gasteiger partial charge in [-0.15, -0.1) is 0 Å². The summed E-state index contributed by atoms with van der Waals surface area (Å²) in [6.07, 6.45) is 0.722. The molecule has 1 heterocycles. The molecule has 1 fully saturated rings. The molecule has 2 rings (SSSR count). The molecule has 0 saturated carbocycles. The molecule has 8 heteroatoms. The topological polar surface area (TPSA) is 81.8 Å². The number of hydrogen-bond acceptors (Lipinski definition) is 5. The average Bonchev–Trinajstić information content (AvgIpc) is 2.57. The third-order valence-electron chi connectivity index (χ3n) is 4.38. The van der Waals surface area contributed by atoms with Crippen LogP contribution in [0, 0.1) is 0 Å². The molecule has 0 aliphatic carbocycles. The summed E-state index contributed by atoms with van der Waals surface area (Å²) < 4.78 is 27.0. The highest BCUT2D eigenvalue weighted by molar-refractivity contribution is 7.89. The van der Waals surface area contributed by atoms with Crippen LogP contribution in [0.5, 0.6) is 0 Å². The van der Waals surface area contributed by atoms with Crippen molar-refractivity contribution in [3.8, 4) is 0 Å². The Morgan fingerprint density at radius 1 is 1.16 bits per heavy atom. The minimum atomic E-state index is -3.52. The summed E-state index contributed by atoms with van der Waals surface area (Å²) in [4.78, 5) is 16.7. The number of carbonyl (C=O) groups excluding carboxylic acids is 1. The van der Waals surface area contributed by atoms with E-state index in [1.807, 2.05) is 13.8 Å². The summed E-state index contributed by atoms with van der Waals surface area (Å²) in [5.41, 5.74) is 0.599. The average molecular weight is 369 g/mol. The van der Waals surface area contributed by atoms with Crippen molar-refractivity contribution in [3.63, 3.8) is 0 Å². The van der Waals surface area contributed by atoms with Crippen molar-refractivity contribution in [3.05, 3.63) is 24.3 Å². The fourth-order valence-corrected chi connectivity index (χ4v) is 3.87. The van der Waals surface area contributed by atoms with E-state index in [4.69, 9.17) is 0 Å². The van der Waals surface area contributed by atoms with E-state index < -0.39 is 10.0 Å². The molecule has 1 aliphatic heterocycles. The fraction of sp³-hybridized carbons (Fsp3) is 0.588. The van der Waals surface area contributed by atoms with Crippen LogP contribution in [0.15, 0.2) is 29.2 Å². The Morgan fingerprint density at radius 2 is 1.76 bits per heavy atom. The van der Waals surface area contributed by atoms with Gasteiger partial charge in [-0.1, -0.05) is 6.92 Å². The maximum Gasteiger partial charge on any atom is 0.240 e. The maximum absolute atomic E-state index is 12.2. The molecule has 1 amide bonds. The van der Waals surface area contributed by atoms with Gasteiger partial charge in [-0.05, 0) is 44.7 Å². The van der Waals surface area contributed by atoms with Crippen LogP contribution in [0.3, 0.4) is 0 Å². The highest BCUT2D eigenvalue weighted by Crippen LogP contribution is 2.15. The molecule has 1 aliphatic rings. The second kappa shape index (κ2) is 8.75. The quantitative estimate of drug-likeness (QED) is 0.749. The summed E-state index contributed by atoms with van der Waals surface area (Å²) in [5, 5.41) is 2.82. The predicted octanol–water partition coefficient (Wildman–Crippen LogP) is 0.949. The molecule has 1 saturated heterocycles. The molecular formula is C17H28N4O3S. The number of piperazine rings is 1. The van der Waals surface area contributed by atoms with E-state index in [0.717, 1.165) is 32.6 Å². The lowest BCUT2D eigenvalue weighted by Crippen LogP contribution is -2.47. The van der Waals surface area contributed by atoms with E-state index in [1.165, 1.54) is 12.1 Å². The van der Waals surface area contributed by atoms with Crippen molar-refractivity contribution in [2.45, 2.75) is 31.2 Å². The van der Waals surface area contributed by atoms with Gasteiger partial charge in [0.1, 0.15) is 0 Å². The van der Waals surface area contributed by atoms with Gasteiger partial charge in [-0.3, -0.25) is 9.69 Å². The van der Waals surface area contributed by atoms with Gasteiger partial charge < -0.3 is 10.2 Å². The third-order valence-corrected chi connectivity index (χ3v) is 5.99. The van der Waals surface area contributed by atoms with E-state index in [9.17, 15) is 13.2 Å². The number of anilines is 1. The lowest BCUT2D eigenvalue weighted by Gasteiger charge is -2.31. The van der Waals surface area contributed by atoms with Crippen LogP contribution >= 0.6 is 0 Å². The lowest BCUT2D eigenvalue weighted by molar-refractivity contribution is -0.117. The van der Waals surface area contributed by atoms with E-state index >= 15 is 0 Å². The summed E-state index contributed by atoms with van der Waals surface area (Å²) in [6.45, 7) is 7.77. The van der Waals surface area contributed by atoms with Crippen molar-refractivity contribution >= 4 is 21.6 Å². The highest BCUT2D eigenvalue weighted by atomic mass is 32.2. The fourth-order valence-electron chi connectivity index (χ4n) is 2.54. The van der Waals surface area contributed by atoms with Crippen LogP contribution < -0.4 is 10.0 Å². The van der Waals surface area contributed by atoms with Crippen molar-refractivity contribution in [1.29, 1.82) is 0 Å². The van der Waals surface area contributed by atoms with Gasteiger partial charge >= 0.3 is 0 Å². The first-order valence-corrected chi connectivity index (χ1v) is 10.1. The van der Waals surface area contributed by atoms with Gasteiger partial charge in [-0.25, -0.2) is 13.1 Å². The van der Waals surface area contributed by atoms with E-state index in [2.05, 4.69) is 26.9 Å². The smallest absolute Gasteiger partial charge is 0.240 e. The second-order valence-electron chi connectivity index (χ2n) is 6.58. The molecule has 0 aromatic heterocycles. The minimum Gasteiger partial charge on any atom is -0.325 e. The number of carbonyl (C=O) groups is 1. The largest absolute Gasteiger partial charge is 0.325 e. The number of hydrogen-bond donors (Lipinski definition) is 2.